The molecule has 0 aliphatic carbocycles. The number of rotatable bonds is 7. The molecule has 1 aliphatic rings. The third kappa shape index (κ3) is 3.95. The molecule has 25 heavy (non-hydrogen) atoms. The maximum absolute atomic E-state index is 12.3. The summed E-state index contributed by atoms with van der Waals surface area (Å²) < 4.78 is 5.32. The molecule has 1 N–H and O–H groups in total. The lowest BCUT2D eigenvalue weighted by Gasteiger charge is -2.09. The van der Waals surface area contributed by atoms with Crippen LogP contribution in [0.15, 0.2) is 48.5 Å². The van der Waals surface area contributed by atoms with E-state index < -0.39 is 4.92 Å². The highest BCUT2D eigenvalue weighted by molar-refractivity contribution is 5.84. The van der Waals surface area contributed by atoms with Gasteiger partial charge in [-0.05, 0) is 6.07 Å². The highest BCUT2D eigenvalue weighted by Gasteiger charge is 2.40. The van der Waals surface area contributed by atoms with Crippen LogP contribution in [0.4, 0.5) is 5.69 Å². The van der Waals surface area contributed by atoms with E-state index in [0.29, 0.717) is 18.7 Å². The van der Waals surface area contributed by atoms with Gasteiger partial charge >= 0.3 is 0 Å². The monoisotopic (exact) mass is 341 g/mol. The second-order valence-electron chi connectivity index (χ2n) is 5.86. The van der Waals surface area contributed by atoms with Gasteiger partial charge in [0.05, 0.1) is 12.0 Å². The predicted octanol–water partition coefficient (Wildman–Crippen LogP) is 2.10. The molecule has 3 rings (SSSR count). The van der Waals surface area contributed by atoms with Crippen LogP contribution in [0, 0.1) is 10.1 Å². The van der Waals surface area contributed by atoms with Gasteiger partial charge in [0.1, 0.15) is 11.8 Å². The van der Waals surface area contributed by atoms with Gasteiger partial charge in [0, 0.05) is 36.8 Å². The third-order valence-electron chi connectivity index (χ3n) is 4.22. The number of carbonyl (C=O) groups is 1. The van der Waals surface area contributed by atoms with Crippen molar-refractivity contribution in [1.82, 2.24) is 10.2 Å². The van der Waals surface area contributed by atoms with Gasteiger partial charge in [-0.2, -0.15) is 0 Å². The highest BCUT2D eigenvalue weighted by Crippen LogP contribution is 2.26. The number of hydrogen-bond acceptors (Lipinski definition) is 5. The number of methoxy groups -OCH3 is 1. The largest absolute Gasteiger partial charge is 0.496 e. The van der Waals surface area contributed by atoms with E-state index in [-0.39, 0.29) is 24.2 Å². The number of para-hydroxylation sites is 2. The fourth-order valence-electron chi connectivity index (χ4n) is 2.79. The number of nitro benzene ring substituents is 1. The Labute approximate surface area is 145 Å². The van der Waals surface area contributed by atoms with Crippen LogP contribution in [-0.2, 0) is 17.9 Å². The van der Waals surface area contributed by atoms with Crippen LogP contribution in [-0.4, -0.2) is 35.4 Å². The smallest absolute Gasteiger partial charge is 0.274 e. The standard InChI is InChI=1S/C18H19N3O4/c1-25-17-9-5-3-7-14(17)11-20-12-16(20)18(22)19-10-13-6-2-4-8-15(13)21(23)24/h2-9,16H,10-12H2,1H3,(H,19,22). The van der Waals surface area contributed by atoms with Crippen LogP contribution in [0.5, 0.6) is 5.75 Å². The quantitative estimate of drug-likeness (QED) is 0.474. The van der Waals surface area contributed by atoms with E-state index in [0.717, 1.165) is 11.3 Å². The lowest BCUT2D eigenvalue weighted by Crippen LogP contribution is -2.29. The molecule has 7 nitrogen and oxygen atoms in total. The zero-order chi connectivity index (χ0) is 17.8. The number of carbonyl (C=O) groups excluding carboxylic acids is 1. The van der Waals surface area contributed by atoms with Crippen molar-refractivity contribution in [2.75, 3.05) is 13.7 Å². The number of nitrogens with one attached hydrogen (secondary N) is 1. The maximum atomic E-state index is 12.3. The Hall–Kier alpha value is -2.93. The first kappa shape index (κ1) is 16.9. The average Bonchev–Trinajstić information content (AvgIpc) is 3.39. The molecule has 1 saturated heterocycles. The number of amides is 1. The van der Waals surface area contributed by atoms with E-state index in [1.165, 1.54) is 6.07 Å². The van der Waals surface area contributed by atoms with E-state index in [9.17, 15) is 14.9 Å². The van der Waals surface area contributed by atoms with Gasteiger partial charge in [0.25, 0.3) is 5.69 Å². The fraction of sp³-hybridized carbons (Fsp3) is 0.278. The number of ether oxygens (including phenoxy) is 1. The minimum atomic E-state index is -0.438. The third-order valence-corrected chi connectivity index (χ3v) is 4.22. The molecular formula is C18H19N3O4. The maximum Gasteiger partial charge on any atom is 0.274 e. The van der Waals surface area contributed by atoms with Crippen molar-refractivity contribution in [2.45, 2.75) is 19.1 Å². The molecule has 0 bridgehead atoms. The highest BCUT2D eigenvalue weighted by atomic mass is 16.6. The summed E-state index contributed by atoms with van der Waals surface area (Å²) >= 11 is 0. The molecule has 1 amide bonds. The molecule has 1 heterocycles. The molecule has 7 heteroatoms. The van der Waals surface area contributed by atoms with Crippen molar-refractivity contribution in [1.29, 1.82) is 0 Å². The van der Waals surface area contributed by atoms with Crippen LogP contribution >= 0.6 is 0 Å². The summed E-state index contributed by atoms with van der Waals surface area (Å²) in [5.41, 5.74) is 1.54. The van der Waals surface area contributed by atoms with Crippen molar-refractivity contribution in [3.8, 4) is 5.75 Å². The summed E-state index contributed by atoms with van der Waals surface area (Å²) in [6.07, 6.45) is 0. The Morgan fingerprint density at radius 3 is 2.64 bits per heavy atom. The second-order valence-corrected chi connectivity index (χ2v) is 5.86. The molecule has 2 aromatic carbocycles. The molecular weight excluding hydrogens is 322 g/mol. The summed E-state index contributed by atoms with van der Waals surface area (Å²) in [6.45, 7) is 1.45. The summed E-state index contributed by atoms with van der Waals surface area (Å²) in [7, 11) is 1.62. The van der Waals surface area contributed by atoms with E-state index in [1.54, 1.807) is 25.3 Å². The minimum Gasteiger partial charge on any atom is -0.496 e. The number of nitro groups is 1. The van der Waals surface area contributed by atoms with E-state index in [1.807, 2.05) is 29.2 Å². The van der Waals surface area contributed by atoms with Crippen LogP contribution < -0.4 is 10.1 Å². The zero-order valence-electron chi connectivity index (χ0n) is 13.8. The minimum absolute atomic E-state index is 0.0180. The van der Waals surface area contributed by atoms with Crippen molar-refractivity contribution >= 4 is 11.6 Å². The molecule has 2 atom stereocenters. The second kappa shape index (κ2) is 7.31. The predicted molar refractivity (Wildman–Crippen MR) is 92.1 cm³/mol. The average molecular weight is 341 g/mol. The molecule has 1 fully saturated rings. The van der Waals surface area contributed by atoms with Gasteiger partial charge in [0.2, 0.25) is 5.91 Å². The number of nitrogens with zero attached hydrogens (tertiary/aromatic N) is 2. The number of hydrogen-bond donors (Lipinski definition) is 1. The Balaban J connectivity index is 1.55. The zero-order valence-corrected chi connectivity index (χ0v) is 13.8. The molecule has 2 unspecified atom stereocenters. The molecule has 0 aromatic heterocycles. The molecule has 0 spiro atoms. The van der Waals surface area contributed by atoms with Gasteiger partial charge in [-0.15, -0.1) is 0 Å². The SMILES string of the molecule is COc1ccccc1CN1CC1C(=O)NCc1ccccc1[N+](=O)[O-]. The van der Waals surface area contributed by atoms with Crippen molar-refractivity contribution in [2.24, 2.45) is 0 Å². The first-order valence-electron chi connectivity index (χ1n) is 7.96. The fourth-order valence-corrected chi connectivity index (χ4v) is 2.79. The molecule has 0 radical (unpaired) electrons. The van der Waals surface area contributed by atoms with Crippen molar-refractivity contribution in [3.05, 3.63) is 69.8 Å². The molecule has 130 valence electrons. The Bertz CT molecular complexity index is 793. The van der Waals surface area contributed by atoms with Gasteiger partial charge in [-0.1, -0.05) is 36.4 Å². The summed E-state index contributed by atoms with van der Waals surface area (Å²) in [5.74, 6) is 0.682. The van der Waals surface area contributed by atoms with Crippen LogP contribution in [0.2, 0.25) is 0 Å². The molecule has 0 saturated carbocycles. The van der Waals surface area contributed by atoms with Gasteiger partial charge < -0.3 is 10.1 Å². The van der Waals surface area contributed by atoms with E-state index in [2.05, 4.69) is 5.32 Å². The van der Waals surface area contributed by atoms with Gasteiger partial charge in [0.15, 0.2) is 0 Å². The lowest BCUT2D eigenvalue weighted by atomic mass is 10.2. The Morgan fingerprint density at radius 2 is 1.92 bits per heavy atom. The Morgan fingerprint density at radius 1 is 1.24 bits per heavy atom. The molecule has 2 aromatic rings. The van der Waals surface area contributed by atoms with E-state index >= 15 is 0 Å². The topological polar surface area (TPSA) is 84.5 Å². The summed E-state index contributed by atoms with van der Waals surface area (Å²) in [6, 6.07) is 13.9. The Kier molecular flexibility index (Phi) is 4.95. The van der Waals surface area contributed by atoms with Gasteiger partial charge in [-0.25, -0.2) is 0 Å². The summed E-state index contributed by atoms with van der Waals surface area (Å²) in [4.78, 5) is 24.8. The summed E-state index contributed by atoms with van der Waals surface area (Å²) in [5, 5.41) is 13.8. The first-order valence-corrected chi connectivity index (χ1v) is 7.96. The number of benzene rings is 2. The van der Waals surface area contributed by atoms with Gasteiger partial charge in [-0.3, -0.25) is 19.8 Å². The lowest BCUT2D eigenvalue weighted by molar-refractivity contribution is -0.385. The van der Waals surface area contributed by atoms with Crippen molar-refractivity contribution < 1.29 is 14.5 Å². The molecule has 1 aliphatic heterocycles. The van der Waals surface area contributed by atoms with Crippen molar-refractivity contribution in [3.63, 3.8) is 0 Å². The van der Waals surface area contributed by atoms with E-state index in [4.69, 9.17) is 4.74 Å². The van der Waals surface area contributed by atoms with Crippen LogP contribution in [0.1, 0.15) is 11.1 Å². The van der Waals surface area contributed by atoms with Crippen LogP contribution in [0.25, 0.3) is 0 Å². The van der Waals surface area contributed by atoms with Crippen LogP contribution in [0.3, 0.4) is 0 Å². The first-order chi connectivity index (χ1) is 12.1. The normalized spacial score (nSPS) is 18.4.